The Hall–Kier alpha value is -2.87. The molecule has 0 spiro atoms. The van der Waals surface area contributed by atoms with Gasteiger partial charge in [-0.25, -0.2) is 18.0 Å². The van der Waals surface area contributed by atoms with Gasteiger partial charge < -0.3 is 10.2 Å². The van der Waals surface area contributed by atoms with Crippen molar-refractivity contribution in [2.45, 2.75) is 4.90 Å². The van der Waals surface area contributed by atoms with Crippen molar-refractivity contribution in [3.8, 4) is 0 Å². The number of sulfonamides is 1. The second-order valence-corrected chi connectivity index (χ2v) is 5.91. The molecule has 0 fully saturated rings. The second kappa shape index (κ2) is 5.86. The molecule has 2 aromatic carbocycles. The fourth-order valence-electron chi connectivity index (χ4n) is 1.87. The molecule has 0 radical (unpaired) electrons. The van der Waals surface area contributed by atoms with Gasteiger partial charge in [-0.3, -0.25) is 4.72 Å². The number of para-hydroxylation sites is 1. The average Bonchev–Trinajstić information content (AvgIpc) is 2.46. The maximum absolute atomic E-state index is 12.3. The van der Waals surface area contributed by atoms with Crippen LogP contribution in [0, 0.1) is 0 Å². The maximum Gasteiger partial charge on any atom is 0.337 e. The van der Waals surface area contributed by atoms with Crippen molar-refractivity contribution in [1.82, 2.24) is 0 Å². The average molecular weight is 321 g/mol. The highest BCUT2D eigenvalue weighted by Crippen LogP contribution is 2.23. The molecule has 114 valence electrons. The summed E-state index contributed by atoms with van der Waals surface area (Å²) in [6.07, 6.45) is 0. The zero-order chi connectivity index (χ0) is 16.3. The molecule has 22 heavy (non-hydrogen) atoms. The van der Waals surface area contributed by atoms with Gasteiger partial charge >= 0.3 is 11.9 Å². The number of carbonyl (C=O) groups is 2. The lowest BCUT2D eigenvalue weighted by molar-refractivity contribution is 0.0648. The Labute approximate surface area is 125 Å². The van der Waals surface area contributed by atoms with Crippen molar-refractivity contribution in [2.24, 2.45) is 0 Å². The number of aromatic carboxylic acids is 2. The van der Waals surface area contributed by atoms with E-state index < -0.39 is 38.0 Å². The summed E-state index contributed by atoms with van der Waals surface area (Å²) >= 11 is 0. The van der Waals surface area contributed by atoms with Crippen molar-refractivity contribution < 1.29 is 28.2 Å². The van der Waals surface area contributed by atoms with Gasteiger partial charge in [0.15, 0.2) is 0 Å². The Morgan fingerprint density at radius 3 is 2.05 bits per heavy atom. The van der Waals surface area contributed by atoms with E-state index in [2.05, 4.69) is 4.72 Å². The molecule has 0 atom stereocenters. The molecule has 0 saturated heterocycles. The topological polar surface area (TPSA) is 121 Å². The fourth-order valence-corrected chi connectivity index (χ4v) is 3.15. The number of carboxylic acids is 2. The first-order chi connectivity index (χ1) is 10.3. The smallest absolute Gasteiger partial charge is 0.337 e. The van der Waals surface area contributed by atoms with Crippen molar-refractivity contribution in [1.29, 1.82) is 0 Å². The molecule has 2 rings (SSSR count). The molecule has 0 unspecified atom stereocenters. The van der Waals surface area contributed by atoms with E-state index >= 15 is 0 Å². The van der Waals surface area contributed by atoms with Gasteiger partial charge in [0.1, 0.15) is 4.90 Å². The van der Waals surface area contributed by atoms with Crippen LogP contribution in [0.3, 0.4) is 0 Å². The molecule has 0 heterocycles. The Balaban J connectivity index is 2.58. The second-order valence-electron chi connectivity index (χ2n) is 4.26. The fraction of sp³-hybridized carbons (Fsp3) is 0. The normalized spacial score (nSPS) is 10.9. The van der Waals surface area contributed by atoms with E-state index in [-0.39, 0.29) is 5.69 Å². The molecular weight excluding hydrogens is 310 g/mol. The Bertz CT molecular complexity index is 830. The lowest BCUT2D eigenvalue weighted by Gasteiger charge is -2.11. The largest absolute Gasteiger partial charge is 0.478 e. The number of hydrogen-bond acceptors (Lipinski definition) is 4. The lowest BCUT2D eigenvalue weighted by atomic mass is 10.1. The van der Waals surface area contributed by atoms with E-state index in [4.69, 9.17) is 10.2 Å². The number of hydrogen-bond donors (Lipinski definition) is 3. The number of nitrogens with one attached hydrogen (secondary N) is 1. The number of carboxylic acid groups (broad SMARTS) is 2. The van der Waals surface area contributed by atoms with E-state index in [0.717, 1.165) is 12.1 Å². The monoisotopic (exact) mass is 321 g/mol. The molecule has 0 bridgehead atoms. The number of rotatable bonds is 5. The summed E-state index contributed by atoms with van der Waals surface area (Å²) in [5.74, 6) is -3.15. The first-order valence-corrected chi connectivity index (χ1v) is 7.48. The van der Waals surface area contributed by atoms with Gasteiger partial charge in [0.25, 0.3) is 10.0 Å². The summed E-state index contributed by atoms with van der Waals surface area (Å²) in [5.41, 5.74) is -1.14. The highest BCUT2D eigenvalue weighted by Gasteiger charge is 2.27. The van der Waals surface area contributed by atoms with Crippen molar-refractivity contribution in [2.75, 3.05) is 4.72 Å². The van der Waals surface area contributed by atoms with E-state index in [9.17, 15) is 18.0 Å². The van der Waals surface area contributed by atoms with Gasteiger partial charge in [-0.2, -0.15) is 0 Å². The Morgan fingerprint density at radius 2 is 1.50 bits per heavy atom. The van der Waals surface area contributed by atoms with E-state index in [1.165, 1.54) is 18.2 Å². The molecule has 0 aliphatic heterocycles. The van der Waals surface area contributed by atoms with Crippen LogP contribution in [0.5, 0.6) is 0 Å². The zero-order valence-corrected chi connectivity index (χ0v) is 11.9. The Morgan fingerprint density at radius 1 is 0.864 bits per heavy atom. The van der Waals surface area contributed by atoms with Crippen molar-refractivity contribution in [3.63, 3.8) is 0 Å². The molecule has 0 amide bonds. The van der Waals surface area contributed by atoms with Crippen LogP contribution in [0.25, 0.3) is 0 Å². The molecule has 3 N–H and O–H groups in total. The van der Waals surface area contributed by atoms with Gasteiger partial charge in [0.05, 0.1) is 11.1 Å². The lowest BCUT2D eigenvalue weighted by Crippen LogP contribution is -2.19. The summed E-state index contributed by atoms with van der Waals surface area (Å²) in [6.45, 7) is 0. The molecule has 0 aliphatic carbocycles. The third-order valence-corrected chi connectivity index (χ3v) is 4.21. The van der Waals surface area contributed by atoms with Crippen LogP contribution in [-0.4, -0.2) is 30.6 Å². The first kappa shape index (κ1) is 15.5. The molecule has 0 aromatic heterocycles. The minimum absolute atomic E-state index is 0.236. The third kappa shape index (κ3) is 3.07. The van der Waals surface area contributed by atoms with Crippen molar-refractivity contribution in [3.05, 3.63) is 59.7 Å². The standard InChI is InChI=1S/C14H11NO6S/c16-13(17)10-7-4-8-11(12(10)14(18)19)22(20,21)15-9-5-2-1-3-6-9/h1-8,15H,(H,16,17)(H,18,19). The molecular formula is C14H11NO6S. The van der Waals surface area contributed by atoms with Crippen LogP contribution in [-0.2, 0) is 10.0 Å². The first-order valence-electron chi connectivity index (χ1n) is 6.00. The Kier molecular flexibility index (Phi) is 4.13. The molecule has 0 saturated carbocycles. The van der Waals surface area contributed by atoms with E-state index in [0.29, 0.717) is 0 Å². The van der Waals surface area contributed by atoms with Gasteiger partial charge in [-0.15, -0.1) is 0 Å². The minimum Gasteiger partial charge on any atom is -0.478 e. The summed E-state index contributed by atoms with van der Waals surface area (Å²) in [5, 5.41) is 18.2. The highest BCUT2D eigenvalue weighted by molar-refractivity contribution is 7.92. The maximum atomic E-state index is 12.3. The highest BCUT2D eigenvalue weighted by atomic mass is 32.2. The SMILES string of the molecule is O=C(O)c1cccc(S(=O)(=O)Nc2ccccc2)c1C(=O)O. The number of anilines is 1. The van der Waals surface area contributed by atoms with Crippen LogP contribution in [0.4, 0.5) is 5.69 Å². The van der Waals surface area contributed by atoms with E-state index in [1.807, 2.05) is 0 Å². The predicted octanol–water partition coefficient (Wildman–Crippen LogP) is 1.88. The molecule has 8 heteroatoms. The minimum atomic E-state index is -4.24. The van der Waals surface area contributed by atoms with Crippen LogP contribution in [0.2, 0.25) is 0 Å². The van der Waals surface area contributed by atoms with Crippen LogP contribution in [0.15, 0.2) is 53.4 Å². The summed E-state index contributed by atoms with van der Waals surface area (Å²) in [4.78, 5) is 21.8. The predicted molar refractivity (Wildman–Crippen MR) is 77.6 cm³/mol. The molecule has 7 nitrogen and oxygen atoms in total. The van der Waals surface area contributed by atoms with Gasteiger partial charge in [0.2, 0.25) is 0 Å². The van der Waals surface area contributed by atoms with Crippen LogP contribution >= 0.6 is 0 Å². The molecule has 2 aromatic rings. The molecule has 0 aliphatic rings. The third-order valence-electron chi connectivity index (χ3n) is 2.79. The number of benzene rings is 2. The van der Waals surface area contributed by atoms with Crippen molar-refractivity contribution >= 4 is 27.6 Å². The summed E-state index contributed by atoms with van der Waals surface area (Å²) < 4.78 is 26.9. The van der Waals surface area contributed by atoms with Gasteiger partial charge in [-0.05, 0) is 24.3 Å². The summed E-state index contributed by atoms with van der Waals surface area (Å²) in [6, 6.07) is 11.1. The van der Waals surface area contributed by atoms with Gasteiger partial charge in [-0.1, -0.05) is 24.3 Å². The van der Waals surface area contributed by atoms with Gasteiger partial charge in [0, 0.05) is 5.69 Å². The quantitative estimate of drug-likeness (QED) is 0.773. The van der Waals surface area contributed by atoms with Crippen LogP contribution in [0.1, 0.15) is 20.7 Å². The zero-order valence-electron chi connectivity index (χ0n) is 11.1. The summed E-state index contributed by atoms with van der Waals surface area (Å²) in [7, 11) is -4.24. The van der Waals surface area contributed by atoms with E-state index in [1.54, 1.807) is 18.2 Å². The van der Waals surface area contributed by atoms with Crippen LogP contribution < -0.4 is 4.72 Å².